The highest BCUT2D eigenvalue weighted by molar-refractivity contribution is 5.87. The van der Waals surface area contributed by atoms with Gasteiger partial charge in [-0.3, -0.25) is 9.59 Å². The number of hydrazone groups is 2. The lowest BCUT2D eigenvalue weighted by atomic mass is 10.2. The summed E-state index contributed by atoms with van der Waals surface area (Å²) in [7, 11) is 0. The Bertz CT molecular complexity index is 1210. The number of rotatable bonds is 6. The molecule has 0 saturated carbocycles. The lowest BCUT2D eigenvalue weighted by Crippen LogP contribution is -2.42. The van der Waals surface area contributed by atoms with Crippen LogP contribution in [0.15, 0.2) is 83.0 Å². The van der Waals surface area contributed by atoms with E-state index in [0.717, 1.165) is 11.1 Å². The van der Waals surface area contributed by atoms with Crippen LogP contribution < -0.4 is 29.8 Å². The molecule has 2 aliphatic heterocycles. The summed E-state index contributed by atoms with van der Waals surface area (Å²) >= 11 is 0. The van der Waals surface area contributed by atoms with Gasteiger partial charge in [0.25, 0.3) is 11.8 Å². The van der Waals surface area contributed by atoms with Crippen molar-refractivity contribution in [1.82, 2.24) is 10.9 Å². The molecule has 0 aromatic heterocycles. The second-order valence-electron chi connectivity index (χ2n) is 7.86. The van der Waals surface area contributed by atoms with Crippen LogP contribution in [0.3, 0.4) is 0 Å². The summed E-state index contributed by atoms with van der Waals surface area (Å²) in [6, 6.07) is 21.5. The number of carbonyl (C=O) groups excluding carboxylic acids is 2. The topological polar surface area (TPSA) is 120 Å². The molecule has 3 aromatic rings. The van der Waals surface area contributed by atoms with Crippen LogP contribution in [0.1, 0.15) is 11.1 Å². The third-order valence-corrected chi connectivity index (χ3v) is 5.32. The number of para-hydroxylation sites is 4. The summed E-state index contributed by atoms with van der Waals surface area (Å²) in [5.41, 5.74) is 6.44. The molecule has 182 valence electrons. The molecule has 10 heteroatoms. The van der Waals surface area contributed by atoms with E-state index in [4.69, 9.17) is 18.9 Å². The fourth-order valence-electron chi connectivity index (χ4n) is 3.45. The fraction of sp³-hybridized carbons (Fsp3) is 0.154. The van der Waals surface area contributed by atoms with Crippen LogP contribution in [-0.2, 0) is 9.59 Å². The summed E-state index contributed by atoms with van der Waals surface area (Å²) in [6.07, 6.45) is 1.45. The van der Waals surface area contributed by atoms with Crippen molar-refractivity contribution in [3.63, 3.8) is 0 Å². The van der Waals surface area contributed by atoms with Crippen molar-refractivity contribution < 1.29 is 28.5 Å². The first-order valence-corrected chi connectivity index (χ1v) is 11.2. The summed E-state index contributed by atoms with van der Waals surface area (Å²) in [5.74, 6) is 1.44. The summed E-state index contributed by atoms with van der Waals surface area (Å²) in [6.45, 7) is 0.215. The van der Waals surface area contributed by atoms with E-state index < -0.39 is 24.0 Å². The first kappa shape index (κ1) is 22.9. The van der Waals surface area contributed by atoms with Gasteiger partial charge in [-0.1, -0.05) is 48.5 Å². The first-order chi connectivity index (χ1) is 17.7. The molecule has 0 aliphatic carbocycles. The molecule has 0 radical (unpaired) electrons. The standard InChI is InChI=1S/C26H22N4O6/c31-25(23-15-33-19-5-1-3-7-21(19)35-23)29-27-13-17-9-11-18(12-10-17)14-28-30-26(32)24-16-34-20-6-2-4-8-22(20)36-24/h1-14,23-24H,15-16H2,(H,29,31)(H,30,32)/b27-13-,28-14-/t23-,24+. The van der Waals surface area contributed by atoms with Gasteiger partial charge in [0.2, 0.25) is 12.2 Å². The number of hydrogen-bond acceptors (Lipinski definition) is 8. The maximum atomic E-state index is 12.3. The zero-order valence-corrected chi connectivity index (χ0v) is 19.0. The van der Waals surface area contributed by atoms with E-state index in [9.17, 15) is 9.59 Å². The van der Waals surface area contributed by atoms with Crippen molar-refractivity contribution in [2.24, 2.45) is 10.2 Å². The second-order valence-corrected chi connectivity index (χ2v) is 7.86. The minimum Gasteiger partial charge on any atom is -0.485 e. The maximum Gasteiger partial charge on any atom is 0.284 e. The van der Waals surface area contributed by atoms with Crippen LogP contribution in [0.25, 0.3) is 0 Å². The zero-order chi connectivity index (χ0) is 24.7. The van der Waals surface area contributed by atoms with Crippen LogP contribution in [0.5, 0.6) is 23.0 Å². The van der Waals surface area contributed by atoms with E-state index in [1.54, 1.807) is 48.5 Å². The Balaban J connectivity index is 1.08. The molecular formula is C26H22N4O6. The Hall–Kier alpha value is -4.86. The summed E-state index contributed by atoms with van der Waals surface area (Å²) in [4.78, 5) is 24.6. The van der Waals surface area contributed by atoms with Gasteiger partial charge in [0.05, 0.1) is 12.4 Å². The normalized spacial score (nSPS) is 18.1. The third kappa shape index (κ3) is 5.44. The van der Waals surface area contributed by atoms with Crippen LogP contribution in [0, 0.1) is 0 Å². The van der Waals surface area contributed by atoms with E-state index in [1.165, 1.54) is 12.4 Å². The predicted octanol–water partition coefficient (Wildman–Crippen LogP) is 2.27. The SMILES string of the molecule is O=C(N/N=C\c1ccc(/C=N\NC(=O)[C@H]2COc3ccccc3O2)cc1)[C@@H]1COc2ccccc2O1. The Morgan fingerprint density at radius 2 is 1.03 bits per heavy atom. The van der Waals surface area contributed by atoms with E-state index in [1.807, 2.05) is 24.3 Å². The molecule has 5 rings (SSSR count). The summed E-state index contributed by atoms with van der Waals surface area (Å²) in [5, 5.41) is 7.96. The monoisotopic (exact) mass is 486 g/mol. The number of nitrogens with one attached hydrogen (secondary N) is 2. The van der Waals surface area contributed by atoms with Crippen LogP contribution >= 0.6 is 0 Å². The number of amides is 2. The average molecular weight is 486 g/mol. The van der Waals surface area contributed by atoms with Crippen molar-refractivity contribution in [1.29, 1.82) is 0 Å². The van der Waals surface area contributed by atoms with Gasteiger partial charge in [-0.15, -0.1) is 0 Å². The van der Waals surface area contributed by atoms with Crippen LogP contribution in [-0.4, -0.2) is 49.7 Å². The zero-order valence-electron chi connectivity index (χ0n) is 19.0. The smallest absolute Gasteiger partial charge is 0.284 e. The largest absolute Gasteiger partial charge is 0.485 e. The lowest BCUT2D eigenvalue weighted by Gasteiger charge is -2.24. The van der Waals surface area contributed by atoms with Crippen LogP contribution in [0.4, 0.5) is 0 Å². The molecule has 3 aromatic carbocycles. The molecule has 10 nitrogen and oxygen atoms in total. The van der Waals surface area contributed by atoms with Gasteiger partial charge in [0.15, 0.2) is 23.0 Å². The van der Waals surface area contributed by atoms with Gasteiger partial charge in [-0.05, 0) is 35.4 Å². The first-order valence-electron chi connectivity index (χ1n) is 11.2. The highest BCUT2D eigenvalue weighted by Gasteiger charge is 2.28. The molecule has 0 fully saturated rings. The van der Waals surface area contributed by atoms with Crippen LogP contribution in [0.2, 0.25) is 0 Å². The van der Waals surface area contributed by atoms with Crippen molar-refractivity contribution >= 4 is 24.2 Å². The Kier molecular flexibility index (Phi) is 6.74. The minimum atomic E-state index is -0.786. The van der Waals surface area contributed by atoms with E-state index in [-0.39, 0.29) is 13.2 Å². The van der Waals surface area contributed by atoms with E-state index >= 15 is 0 Å². The highest BCUT2D eigenvalue weighted by Crippen LogP contribution is 2.31. The van der Waals surface area contributed by atoms with Crippen molar-refractivity contribution in [3.05, 3.63) is 83.9 Å². The van der Waals surface area contributed by atoms with Crippen molar-refractivity contribution in [3.8, 4) is 23.0 Å². The Morgan fingerprint density at radius 3 is 1.44 bits per heavy atom. The number of carbonyl (C=O) groups is 2. The van der Waals surface area contributed by atoms with Gasteiger partial charge < -0.3 is 18.9 Å². The molecule has 0 spiro atoms. The number of ether oxygens (including phenoxy) is 4. The number of nitrogens with zero attached hydrogens (tertiary/aromatic N) is 2. The molecule has 0 saturated heterocycles. The number of benzene rings is 3. The van der Waals surface area contributed by atoms with Gasteiger partial charge in [-0.2, -0.15) is 10.2 Å². The fourth-order valence-corrected chi connectivity index (χ4v) is 3.45. The van der Waals surface area contributed by atoms with Crippen molar-refractivity contribution in [2.45, 2.75) is 12.2 Å². The summed E-state index contributed by atoms with van der Waals surface area (Å²) < 4.78 is 22.4. The number of hydrogen-bond donors (Lipinski definition) is 2. The van der Waals surface area contributed by atoms with Gasteiger partial charge in [0.1, 0.15) is 13.2 Å². The maximum absolute atomic E-state index is 12.3. The Morgan fingerprint density at radius 1 is 0.639 bits per heavy atom. The molecule has 2 N–H and O–H groups in total. The van der Waals surface area contributed by atoms with Gasteiger partial charge >= 0.3 is 0 Å². The minimum absolute atomic E-state index is 0.107. The molecule has 2 aliphatic rings. The molecule has 2 atom stereocenters. The quantitative estimate of drug-likeness (QED) is 0.408. The second kappa shape index (κ2) is 10.6. The van der Waals surface area contributed by atoms with Gasteiger partial charge in [0, 0.05) is 0 Å². The highest BCUT2D eigenvalue weighted by atomic mass is 16.6. The average Bonchev–Trinajstić information content (AvgIpc) is 2.93. The molecule has 2 amide bonds. The van der Waals surface area contributed by atoms with E-state index in [2.05, 4.69) is 21.1 Å². The molecule has 2 heterocycles. The molecule has 0 bridgehead atoms. The predicted molar refractivity (Wildman–Crippen MR) is 131 cm³/mol. The van der Waals surface area contributed by atoms with Crippen molar-refractivity contribution in [2.75, 3.05) is 13.2 Å². The molecule has 0 unspecified atom stereocenters. The molecular weight excluding hydrogens is 464 g/mol. The third-order valence-electron chi connectivity index (χ3n) is 5.32. The lowest BCUT2D eigenvalue weighted by molar-refractivity contribution is -0.131. The van der Waals surface area contributed by atoms with E-state index in [0.29, 0.717) is 23.0 Å². The number of fused-ring (bicyclic) bond motifs is 2. The Labute approximate surface area is 206 Å². The van der Waals surface area contributed by atoms with Gasteiger partial charge in [-0.25, -0.2) is 10.9 Å². The molecule has 36 heavy (non-hydrogen) atoms.